The maximum absolute atomic E-state index is 12.6. The van der Waals surface area contributed by atoms with Crippen molar-refractivity contribution >= 4 is 34.5 Å². The van der Waals surface area contributed by atoms with Gasteiger partial charge in [0.25, 0.3) is 5.91 Å². The number of rotatable bonds is 2. The molecular weight excluding hydrogens is 326 g/mol. The fourth-order valence-corrected chi connectivity index (χ4v) is 3.13. The van der Waals surface area contributed by atoms with Crippen molar-refractivity contribution in [1.29, 1.82) is 0 Å². The molecule has 6 nitrogen and oxygen atoms in total. The van der Waals surface area contributed by atoms with Crippen molar-refractivity contribution in [2.75, 3.05) is 31.1 Å². The number of halogens is 1. The van der Waals surface area contributed by atoms with Crippen LogP contribution in [0.25, 0.3) is 11.0 Å². The number of H-pyrrole nitrogens is 1. The Hall–Kier alpha value is -2.60. The number of hydrogen-bond acceptors (Lipinski definition) is 4. The van der Waals surface area contributed by atoms with E-state index in [-0.39, 0.29) is 5.91 Å². The molecule has 0 saturated carbocycles. The molecule has 0 aliphatic carbocycles. The molecule has 122 valence electrons. The standard InChI is InChI=1S/C17H16ClN5O/c18-13-11-19-6-5-12(13)16(24)22-7-9-23(10-8-22)17-20-14-3-1-2-4-15(14)21-17/h1-6,11H,7-10H2,(H,20,21). The molecule has 1 amide bonds. The van der Waals surface area contributed by atoms with Crippen LogP contribution in [0.2, 0.25) is 5.02 Å². The van der Waals surface area contributed by atoms with Crippen molar-refractivity contribution in [1.82, 2.24) is 19.9 Å². The second-order valence-electron chi connectivity index (χ2n) is 5.71. The van der Waals surface area contributed by atoms with E-state index in [9.17, 15) is 4.79 Å². The number of nitrogens with one attached hydrogen (secondary N) is 1. The van der Waals surface area contributed by atoms with E-state index in [1.54, 1.807) is 12.3 Å². The van der Waals surface area contributed by atoms with Gasteiger partial charge >= 0.3 is 0 Å². The van der Waals surface area contributed by atoms with E-state index in [2.05, 4.69) is 19.9 Å². The minimum atomic E-state index is -0.0494. The van der Waals surface area contributed by atoms with E-state index >= 15 is 0 Å². The molecule has 2 aromatic heterocycles. The van der Waals surface area contributed by atoms with Gasteiger partial charge in [-0.05, 0) is 18.2 Å². The van der Waals surface area contributed by atoms with Gasteiger partial charge in [0.05, 0.1) is 21.6 Å². The van der Waals surface area contributed by atoms with Crippen LogP contribution in [0.15, 0.2) is 42.7 Å². The summed E-state index contributed by atoms with van der Waals surface area (Å²) in [5, 5.41) is 0.391. The summed E-state index contributed by atoms with van der Waals surface area (Å²) in [5.41, 5.74) is 2.48. The Balaban J connectivity index is 1.47. The minimum Gasteiger partial charge on any atom is -0.339 e. The highest BCUT2D eigenvalue weighted by Crippen LogP contribution is 2.20. The summed E-state index contributed by atoms with van der Waals surface area (Å²) in [5.74, 6) is 0.803. The van der Waals surface area contributed by atoms with Crippen molar-refractivity contribution in [2.24, 2.45) is 0 Å². The zero-order valence-electron chi connectivity index (χ0n) is 12.9. The molecule has 0 unspecified atom stereocenters. The number of benzene rings is 1. The Morgan fingerprint density at radius 1 is 1.12 bits per heavy atom. The first-order valence-electron chi connectivity index (χ1n) is 7.81. The first-order valence-corrected chi connectivity index (χ1v) is 8.18. The number of carbonyl (C=O) groups excluding carboxylic acids is 1. The fraction of sp³-hybridized carbons (Fsp3) is 0.235. The van der Waals surface area contributed by atoms with E-state index in [0.717, 1.165) is 30.1 Å². The molecule has 4 rings (SSSR count). The number of para-hydroxylation sites is 2. The van der Waals surface area contributed by atoms with Crippen LogP contribution in [0.1, 0.15) is 10.4 Å². The van der Waals surface area contributed by atoms with E-state index in [1.165, 1.54) is 6.20 Å². The zero-order chi connectivity index (χ0) is 16.5. The van der Waals surface area contributed by atoms with E-state index in [4.69, 9.17) is 11.6 Å². The summed E-state index contributed by atoms with van der Waals surface area (Å²) in [4.78, 5) is 28.4. The van der Waals surface area contributed by atoms with E-state index < -0.39 is 0 Å². The Kier molecular flexibility index (Phi) is 3.82. The summed E-state index contributed by atoms with van der Waals surface area (Å²) in [6, 6.07) is 9.62. The predicted molar refractivity (Wildman–Crippen MR) is 93.5 cm³/mol. The fourth-order valence-electron chi connectivity index (χ4n) is 2.93. The third-order valence-corrected chi connectivity index (χ3v) is 4.55. The molecule has 1 fully saturated rings. The van der Waals surface area contributed by atoms with Gasteiger partial charge in [-0.3, -0.25) is 9.78 Å². The first kappa shape index (κ1) is 15.0. The average Bonchev–Trinajstić information content (AvgIpc) is 3.06. The van der Waals surface area contributed by atoms with Gasteiger partial charge in [-0.1, -0.05) is 23.7 Å². The van der Waals surface area contributed by atoms with Gasteiger partial charge in [0.15, 0.2) is 0 Å². The molecule has 3 aromatic rings. The molecule has 1 saturated heterocycles. The van der Waals surface area contributed by atoms with Crippen LogP contribution in [-0.2, 0) is 0 Å². The Labute approximate surface area is 144 Å². The number of piperazine rings is 1. The third kappa shape index (κ3) is 2.69. The molecule has 3 heterocycles. The number of imidazole rings is 1. The number of anilines is 1. The first-order chi connectivity index (χ1) is 11.7. The van der Waals surface area contributed by atoms with E-state index in [0.29, 0.717) is 23.7 Å². The van der Waals surface area contributed by atoms with Crippen LogP contribution >= 0.6 is 11.6 Å². The summed E-state index contributed by atoms with van der Waals surface area (Å²) in [6.07, 6.45) is 3.09. The molecule has 1 N–H and O–H groups in total. The van der Waals surface area contributed by atoms with Crippen LogP contribution in [0.4, 0.5) is 5.95 Å². The van der Waals surface area contributed by atoms with Crippen LogP contribution in [0, 0.1) is 0 Å². The lowest BCUT2D eigenvalue weighted by atomic mass is 10.2. The van der Waals surface area contributed by atoms with Gasteiger partial charge < -0.3 is 14.8 Å². The monoisotopic (exact) mass is 341 g/mol. The molecule has 7 heteroatoms. The highest BCUT2D eigenvalue weighted by molar-refractivity contribution is 6.33. The highest BCUT2D eigenvalue weighted by Gasteiger charge is 2.24. The van der Waals surface area contributed by atoms with Gasteiger partial charge in [-0.2, -0.15) is 0 Å². The predicted octanol–water partition coefficient (Wildman–Crippen LogP) is 2.57. The minimum absolute atomic E-state index is 0.0494. The molecule has 0 radical (unpaired) electrons. The van der Waals surface area contributed by atoms with Gasteiger partial charge in [0.2, 0.25) is 5.95 Å². The number of aromatic nitrogens is 3. The average molecular weight is 342 g/mol. The van der Waals surface area contributed by atoms with Crippen molar-refractivity contribution in [3.63, 3.8) is 0 Å². The quantitative estimate of drug-likeness (QED) is 0.778. The number of carbonyl (C=O) groups is 1. The smallest absolute Gasteiger partial charge is 0.255 e. The summed E-state index contributed by atoms with van der Waals surface area (Å²) in [6.45, 7) is 2.73. The van der Waals surface area contributed by atoms with Gasteiger partial charge in [0, 0.05) is 38.6 Å². The number of fused-ring (bicyclic) bond motifs is 1. The highest BCUT2D eigenvalue weighted by atomic mass is 35.5. The second kappa shape index (κ2) is 6.13. The molecule has 1 aliphatic rings. The maximum atomic E-state index is 12.6. The normalized spacial score (nSPS) is 15.0. The third-order valence-electron chi connectivity index (χ3n) is 4.25. The van der Waals surface area contributed by atoms with Crippen molar-refractivity contribution in [3.05, 3.63) is 53.3 Å². The van der Waals surface area contributed by atoms with Crippen LogP contribution in [0.3, 0.4) is 0 Å². The lowest BCUT2D eigenvalue weighted by Crippen LogP contribution is -2.49. The molecule has 24 heavy (non-hydrogen) atoms. The number of aromatic amines is 1. The molecule has 1 aromatic carbocycles. The number of hydrogen-bond donors (Lipinski definition) is 1. The second-order valence-corrected chi connectivity index (χ2v) is 6.12. The Morgan fingerprint density at radius 2 is 1.92 bits per heavy atom. The summed E-state index contributed by atoms with van der Waals surface area (Å²) in [7, 11) is 0. The molecular formula is C17H16ClN5O. The van der Waals surface area contributed by atoms with Crippen molar-refractivity contribution in [3.8, 4) is 0 Å². The lowest BCUT2D eigenvalue weighted by Gasteiger charge is -2.34. The van der Waals surface area contributed by atoms with Crippen molar-refractivity contribution in [2.45, 2.75) is 0 Å². The Bertz CT molecular complexity index is 852. The van der Waals surface area contributed by atoms with Crippen LogP contribution in [0.5, 0.6) is 0 Å². The van der Waals surface area contributed by atoms with Crippen LogP contribution < -0.4 is 4.90 Å². The summed E-state index contributed by atoms with van der Waals surface area (Å²) < 4.78 is 0. The van der Waals surface area contributed by atoms with Gasteiger partial charge in [-0.25, -0.2) is 4.98 Å². The Morgan fingerprint density at radius 3 is 2.67 bits per heavy atom. The molecule has 0 atom stereocenters. The van der Waals surface area contributed by atoms with E-state index in [1.807, 2.05) is 29.2 Å². The molecule has 0 spiro atoms. The lowest BCUT2D eigenvalue weighted by molar-refractivity contribution is 0.0746. The topological polar surface area (TPSA) is 65.1 Å². The summed E-state index contributed by atoms with van der Waals surface area (Å²) >= 11 is 6.07. The van der Waals surface area contributed by atoms with Crippen LogP contribution in [-0.4, -0.2) is 51.9 Å². The number of amides is 1. The van der Waals surface area contributed by atoms with Gasteiger partial charge in [0.1, 0.15) is 0 Å². The molecule has 0 bridgehead atoms. The zero-order valence-corrected chi connectivity index (χ0v) is 13.7. The van der Waals surface area contributed by atoms with Crippen molar-refractivity contribution < 1.29 is 4.79 Å². The SMILES string of the molecule is O=C(c1ccncc1Cl)N1CCN(c2nc3ccccc3[nH]2)CC1. The largest absolute Gasteiger partial charge is 0.339 e. The number of pyridine rings is 1. The number of nitrogens with zero attached hydrogens (tertiary/aromatic N) is 4. The maximum Gasteiger partial charge on any atom is 0.255 e. The molecule has 1 aliphatic heterocycles. The van der Waals surface area contributed by atoms with Gasteiger partial charge in [-0.15, -0.1) is 0 Å².